The summed E-state index contributed by atoms with van der Waals surface area (Å²) in [5, 5.41) is 9.34. The third kappa shape index (κ3) is 1.90. The average molecular weight is 220 g/mol. The zero-order valence-corrected chi connectivity index (χ0v) is 8.59. The summed E-state index contributed by atoms with van der Waals surface area (Å²) in [6.07, 6.45) is -0.458. The second-order valence-electron chi connectivity index (χ2n) is 3.77. The summed E-state index contributed by atoms with van der Waals surface area (Å²) >= 11 is 0. The monoisotopic (exact) mass is 220 g/mol. The molecule has 1 aliphatic heterocycles. The van der Waals surface area contributed by atoms with E-state index in [1.54, 1.807) is 24.3 Å². The van der Waals surface area contributed by atoms with Gasteiger partial charge in [0.15, 0.2) is 0 Å². The van der Waals surface area contributed by atoms with E-state index in [2.05, 4.69) is 0 Å². The van der Waals surface area contributed by atoms with Crippen LogP contribution in [0, 0.1) is 0 Å². The number of rotatable bonds is 2. The Hall–Kier alpha value is -1.88. The van der Waals surface area contributed by atoms with Crippen molar-refractivity contribution in [3.63, 3.8) is 0 Å². The van der Waals surface area contributed by atoms with Crippen LogP contribution in [0.15, 0.2) is 24.3 Å². The molecule has 0 bridgehead atoms. The van der Waals surface area contributed by atoms with Crippen LogP contribution in [0.3, 0.4) is 0 Å². The molecule has 0 radical (unpaired) electrons. The highest BCUT2D eigenvalue weighted by Crippen LogP contribution is 2.21. The third-order valence-electron chi connectivity index (χ3n) is 2.57. The topological polar surface area (TPSA) is 83.6 Å². The average Bonchev–Trinajstić information content (AvgIpc) is 2.58. The van der Waals surface area contributed by atoms with E-state index in [9.17, 15) is 14.7 Å². The Labute approximate surface area is 92.5 Å². The minimum atomic E-state index is -0.608. The number of hydrogen-bond donors (Lipinski definition) is 2. The van der Waals surface area contributed by atoms with Gasteiger partial charge in [-0.1, -0.05) is 0 Å². The van der Waals surface area contributed by atoms with Gasteiger partial charge in [-0.05, 0) is 24.3 Å². The molecular formula is C11H12N2O3. The first-order valence-corrected chi connectivity index (χ1v) is 4.96. The van der Waals surface area contributed by atoms with Crippen molar-refractivity contribution in [2.24, 2.45) is 5.73 Å². The van der Waals surface area contributed by atoms with Crippen LogP contribution >= 0.6 is 0 Å². The SMILES string of the molecule is NC(=O)c1ccc(N2CC(O)CC2=O)cc1. The summed E-state index contributed by atoms with van der Waals surface area (Å²) < 4.78 is 0. The number of anilines is 1. The molecule has 0 saturated carbocycles. The lowest BCUT2D eigenvalue weighted by Crippen LogP contribution is -2.25. The van der Waals surface area contributed by atoms with Crippen LogP contribution in [0.4, 0.5) is 5.69 Å². The Morgan fingerprint density at radius 2 is 2.00 bits per heavy atom. The number of nitrogens with two attached hydrogens (primary N) is 1. The van der Waals surface area contributed by atoms with Crippen molar-refractivity contribution in [2.45, 2.75) is 12.5 Å². The lowest BCUT2D eigenvalue weighted by atomic mass is 10.2. The molecule has 0 aliphatic carbocycles. The number of nitrogens with zero attached hydrogens (tertiary/aromatic N) is 1. The molecule has 1 saturated heterocycles. The summed E-state index contributed by atoms with van der Waals surface area (Å²) in [6.45, 7) is 0.300. The maximum absolute atomic E-state index is 11.5. The maximum Gasteiger partial charge on any atom is 0.248 e. The lowest BCUT2D eigenvalue weighted by Gasteiger charge is -2.15. The van der Waals surface area contributed by atoms with Crippen molar-refractivity contribution >= 4 is 17.5 Å². The predicted molar refractivity (Wildman–Crippen MR) is 57.9 cm³/mol. The summed E-state index contributed by atoms with van der Waals surface area (Å²) in [5.41, 5.74) is 6.18. The molecule has 3 N–H and O–H groups in total. The molecular weight excluding hydrogens is 208 g/mol. The second kappa shape index (κ2) is 3.94. The van der Waals surface area contributed by atoms with Gasteiger partial charge in [0, 0.05) is 11.3 Å². The van der Waals surface area contributed by atoms with Gasteiger partial charge in [0.05, 0.1) is 19.1 Å². The number of primary amides is 1. The highest BCUT2D eigenvalue weighted by molar-refractivity contribution is 5.97. The van der Waals surface area contributed by atoms with Crippen LogP contribution in [0.1, 0.15) is 16.8 Å². The first kappa shape index (κ1) is 10.6. The number of carbonyl (C=O) groups excluding carboxylic acids is 2. The predicted octanol–water partition coefficient (Wildman–Crippen LogP) is -0.117. The minimum Gasteiger partial charge on any atom is -0.391 e. The summed E-state index contributed by atoms with van der Waals surface area (Å²) in [7, 11) is 0. The van der Waals surface area contributed by atoms with Gasteiger partial charge in [0.25, 0.3) is 0 Å². The Morgan fingerprint density at radius 3 is 2.44 bits per heavy atom. The fourth-order valence-corrected chi connectivity index (χ4v) is 1.74. The minimum absolute atomic E-state index is 0.112. The normalized spacial score (nSPS) is 20.2. The van der Waals surface area contributed by atoms with Crippen LogP contribution in [-0.4, -0.2) is 29.6 Å². The van der Waals surface area contributed by atoms with Crippen LogP contribution in [0.2, 0.25) is 0 Å². The molecule has 1 aromatic carbocycles. The van der Waals surface area contributed by atoms with Crippen LogP contribution in [0.5, 0.6) is 0 Å². The summed E-state index contributed by atoms with van der Waals surface area (Å²) in [4.78, 5) is 23.8. The molecule has 16 heavy (non-hydrogen) atoms. The molecule has 1 fully saturated rings. The fraction of sp³-hybridized carbons (Fsp3) is 0.273. The third-order valence-corrected chi connectivity index (χ3v) is 2.57. The molecule has 2 rings (SSSR count). The molecule has 1 unspecified atom stereocenters. The quantitative estimate of drug-likeness (QED) is 0.729. The lowest BCUT2D eigenvalue weighted by molar-refractivity contribution is -0.117. The Bertz CT molecular complexity index is 427. The van der Waals surface area contributed by atoms with E-state index in [1.807, 2.05) is 0 Å². The Kier molecular flexibility index (Phi) is 2.62. The van der Waals surface area contributed by atoms with Gasteiger partial charge in [-0.3, -0.25) is 9.59 Å². The smallest absolute Gasteiger partial charge is 0.248 e. The van der Waals surface area contributed by atoms with Crippen molar-refractivity contribution in [1.29, 1.82) is 0 Å². The molecule has 1 heterocycles. The standard InChI is InChI=1S/C11H12N2O3/c12-11(16)7-1-3-8(4-2-7)13-6-9(14)5-10(13)15/h1-4,9,14H,5-6H2,(H2,12,16). The fourth-order valence-electron chi connectivity index (χ4n) is 1.74. The van der Waals surface area contributed by atoms with Crippen molar-refractivity contribution in [1.82, 2.24) is 0 Å². The van der Waals surface area contributed by atoms with E-state index in [1.165, 1.54) is 4.90 Å². The van der Waals surface area contributed by atoms with Gasteiger partial charge in [0.1, 0.15) is 0 Å². The van der Waals surface area contributed by atoms with Crippen molar-refractivity contribution < 1.29 is 14.7 Å². The van der Waals surface area contributed by atoms with E-state index >= 15 is 0 Å². The van der Waals surface area contributed by atoms with E-state index in [-0.39, 0.29) is 12.3 Å². The van der Waals surface area contributed by atoms with Crippen molar-refractivity contribution in [2.75, 3.05) is 11.4 Å². The summed E-state index contributed by atoms with van der Waals surface area (Å²) in [6, 6.07) is 6.43. The molecule has 0 spiro atoms. The highest BCUT2D eigenvalue weighted by Gasteiger charge is 2.28. The van der Waals surface area contributed by atoms with Crippen LogP contribution < -0.4 is 10.6 Å². The largest absolute Gasteiger partial charge is 0.391 e. The highest BCUT2D eigenvalue weighted by atomic mass is 16.3. The molecule has 84 valence electrons. The van der Waals surface area contributed by atoms with E-state index < -0.39 is 12.0 Å². The number of carbonyl (C=O) groups is 2. The molecule has 2 amide bonds. The first-order chi connectivity index (χ1) is 7.58. The van der Waals surface area contributed by atoms with E-state index in [4.69, 9.17) is 5.73 Å². The van der Waals surface area contributed by atoms with Crippen molar-refractivity contribution in [3.8, 4) is 0 Å². The first-order valence-electron chi connectivity index (χ1n) is 4.96. The molecule has 5 nitrogen and oxygen atoms in total. The van der Waals surface area contributed by atoms with Gasteiger partial charge in [0.2, 0.25) is 11.8 Å². The number of amides is 2. The molecule has 0 aromatic heterocycles. The number of aliphatic hydroxyl groups excluding tert-OH is 1. The molecule has 1 aliphatic rings. The van der Waals surface area contributed by atoms with Crippen LogP contribution in [0.25, 0.3) is 0 Å². The number of aliphatic hydroxyl groups is 1. The number of β-amino-alcohol motifs (C(OH)–C–C–N with tert-alkyl or cyclic N) is 1. The zero-order valence-electron chi connectivity index (χ0n) is 8.59. The Morgan fingerprint density at radius 1 is 1.38 bits per heavy atom. The molecule has 1 atom stereocenters. The number of hydrogen-bond acceptors (Lipinski definition) is 3. The number of benzene rings is 1. The van der Waals surface area contributed by atoms with Gasteiger partial charge in [-0.25, -0.2) is 0 Å². The maximum atomic E-state index is 11.5. The Balaban J connectivity index is 2.22. The molecule has 5 heteroatoms. The van der Waals surface area contributed by atoms with Gasteiger partial charge < -0.3 is 15.7 Å². The van der Waals surface area contributed by atoms with Crippen LogP contribution in [-0.2, 0) is 4.79 Å². The van der Waals surface area contributed by atoms with Gasteiger partial charge >= 0.3 is 0 Å². The molecule has 1 aromatic rings. The van der Waals surface area contributed by atoms with E-state index in [0.29, 0.717) is 17.8 Å². The second-order valence-corrected chi connectivity index (χ2v) is 3.77. The summed E-state index contributed by atoms with van der Waals surface area (Å²) in [5.74, 6) is -0.612. The van der Waals surface area contributed by atoms with Crippen molar-refractivity contribution in [3.05, 3.63) is 29.8 Å². The van der Waals surface area contributed by atoms with Gasteiger partial charge in [-0.15, -0.1) is 0 Å². The van der Waals surface area contributed by atoms with Gasteiger partial charge in [-0.2, -0.15) is 0 Å². The zero-order chi connectivity index (χ0) is 11.7. The van der Waals surface area contributed by atoms with E-state index in [0.717, 1.165) is 0 Å².